The molecule has 0 spiro atoms. The molecule has 4 nitrogen and oxygen atoms in total. The van der Waals surface area contributed by atoms with Gasteiger partial charge in [0.25, 0.3) is 0 Å². The van der Waals surface area contributed by atoms with Crippen LogP contribution >= 0.6 is 0 Å². The standard InChI is InChI=1S/C12H10F3N3O/c1-7-10(16)17-6-18-11(7)19-9-5-3-2-4-8(9)12(13,14)15/h2-6H,1H3,(H2,16,17,18). The summed E-state index contributed by atoms with van der Waals surface area (Å²) in [6.07, 6.45) is -3.36. The second-order valence-electron chi connectivity index (χ2n) is 3.79. The maximum atomic E-state index is 12.8. The van der Waals surface area contributed by atoms with Gasteiger partial charge < -0.3 is 10.5 Å². The van der Waals surface area contributed by atoms with E-state index in [9.17, 15) is 13.2 Å². The minimum absolute atomic E-state index is 0.00389. The molecule has 0 bridgehead atoms. The molecule has 0 fully saturated rings. The average Bonchev–Trinajstić information content (AvgIpc) is 2.34. The van der Waals surface area contributed by atoms with Crippen LogP contribution in [0.1, 0.15) is 11.1 Å². The minimum atomic E-state index is -4.50. The van der Waals surface area contributed by atoms with Crippen LogP contribution in [-0.2, 0) is 6.18 Å². The molecule has 0 amide bonds. The highest BCUT2D eigenvalue weighted by Crippen LogP contribution is 2.38. The number of benzene rings is 1. The zero-order chi connectivity index (χ0) is 14.0. The highest BCUT2D eigenvalue weighted by molar-refractivity contribution is 5.46. The second kappa shape index (κ2) is 4.75. The normalized spacial score (nSPS) is 11.4. The van der Waals surface area contributed by atoms with Crippen LogP contribution in [0.4, 0.5) is 19.0 Å². The van der Waals surface area contributed by atoms with E-state index in [2.05, 4.69) is 9.97 Å². The van der Waals surface area contributed by atoms with Gasteiger partial charge in [-0.25, -0.2) is 9.97 Å². The molecule has 19 heavy (non-hydrogen) atoms. The van der Waals surface area contributed by atoms with Gasteiger partial charge in [0.15, 0.2) is 0 Å². The molecule has 0 aliphatic heterocycles. The number of anilines is 1. The molecule has 2 rings (SSSR count). The second-order valence-corrected chi connectivity index (χ2v) is 3.79. The first-order valence-corrected chi connectivity index (χ1v) is 5.30. The Hall–Kier alpha value is -2.31. The van der Waals surface area contributed by atoms with Crippen LogP contribution in [0.3, 0.4) is 0 Å². The van der Waals surface area contributed by atoms with E-state index in [4.69, 9.17) is 10.5 Å². The van der Waals surface area contributed by atoms with Crippen molar-refractivity contribution in [3.05, 3.63) is 41.7 Å². The summed E-state index contributed by atoms with van der Waals surface area (Å²) >= 11 is 0. The van der Waals surface area contributed by atoms with Crippen molar-refractivity contribution in [1.82, 2.24) is 9.97 Å². The van der Waals surface area contributed by atoms with Gasteiger partial charge in [-0.2, -0.15) is 13.2 Å². The molecule has 1 heterocycles. The van der Waals surface area contributed by atoms with Gasteiger partial charge in [-0.05, 0) is 19.1 Å². The Balaban J connectivity index is 2.42. The van der Waals surface area contributed by atoms with Crippen molar-refractivity contribution in [1.29, 1.82) is 0 Å². The van der Waals surface area contributed by atoms with E-state index < -0.39 is 11.7 Å². The zero-order valence-corrected chi connectivity index (χ0v) is 9.90. The van der Waals surface area contributed by atoms with E-state index in [1.54, 1.807) is 6.92 Å². The topological polar surface area (TPSA) is 61.0 Å². The van der Waals surface area contributed by atoms with E-state index in [0.29, 0.717) is 5.56 Å². The van der Waals surface area contributed by atoms with E-state index >= 15 is 0 Å². The van der Waals surface area contributed by atoms with Crippen molar-refractivity contribution < 1.29 is 17.9 Å². The van der Waals surface area contributed by atoms with E-state index in [-0.39, 0.29) is 17.4 Å². The van der Waals surface area contributed by atoms with Gasteiger partial charge in [0.2, 0.25) is 5.88 Å². The molecule has 2 aromatic rings. The van der Waals surface area contributed by atoms with E-state index in [1.165, 1.54) is 18.2 Å². The summed E-state index contributed by atoms with van der Waals surface area (Å²) in [6.45, 7) is 1.57. The van der Waals surface area contributed by atoms with Gasteiger partial charge in [0.1, 0.15) is 17.9 Å². The first kappa shape index (κ1) is 13.1. The first-order valence-electron chi connectivity index (χ1n) is 5.30. The monoisotopic (exact) mass is 269 g/mol. The molecular weight excluding hydrogens is 259 g/mol. The van der Waals surface area contributed by atoms with Crippen molar-refractivity contribution in [2.24, 2.45) is 0 Å². The predicted octanol–water partition coefficient (Wildman–Crippen LogP) is 3.18. The molecule has 0 aliphatic carbocycles. The molecule has 100 valence electrons. The molecule has 0 unspecified atom stereocenters. The molecule has 2 N–H and O–H groups in total. The molecule has 1 aromatic carbocycles. The number of ether oxygens (including phenoxy) is 1. The fourth-order valence-corrected chi connectivity index (χ4v) is 1.44. The molecule has 0 saturated carbocycles. The van der Waals surface area contributed by atoms with Crippen molar-refractivity contribution in [3.8, 4) is 11.6 Å². The highest BCUT2D eigenvalue weighted by atomic mass is 19.4. The number of para-hydroxylation sites is 1. The summed E-state index contributed by atoms with van der Waals surface area (Å²) < 4.78 is 43.6. The smallest absolute Gasteiger partial charge is 0.419 e. The lowest BCUT2D eigenvalue weighted by Gasteiger charge is -2.14. The lowest BCUT2D eigenvalue weighted by atomic mass is 10.2. The Morgan fingerprint density at radius 3 is 2.53 bits per heavy atom. The number of halogens is 3. The minimum Gasteiger partial charge on any atom is -0.438 e. The summed E-state index contributed by atoms with van der Waals surface area (Å²) in [7, 11) is 0. The van der Waals surface area contributed by atoms with Crippen LogP contribution < -0.4 is 10.5 Å². The van der Waals surface area contributed by atoms with Crippen molar-refractivity contribution in [2.45, 2.75) is 13.1 Å². The van der Waals surface area contributed by atoms with Crippen LogP contribution in [0.2, 0.25) is 0 Å². The molecule has 0 radical (unpaired) electrons. The SMILES string of the molecule is Cc1c(N)ncnc1Oc1ccccc1C(F)(F)F. The van der Waals surface area contributed by atoms with Crippen LogP contribution in [0.5, 0.6) is 11.6 Å². The van der Waals surface area contributed by atoms with Gasteiger partial charge in [-0.15, -0.1) is 0 Å². The quantitative estimate of drug-likeness (QED) is 0.909. The highest BCUT2D eigenvalue weighted by Gasteiger charge is 2.34. The van der Waals surface area contributed by atoms with Crippen molar-refractivity contribution >= 4 is 5.82 Å². The number of rotatable bonds is 2. The molecule has 0 atom stereocenters. The average molecular weight is 269 g/mol. The van der Waals surface area contributed by atoms with Gasteiger partial charge in [-0.3, -0.25) is 0 Å². The van der Waals surface area contributed by atoms with Crippen molar-refractivity contribution in [2.75, 3.05) is 5.73 Å². The largest absolute Gasteiger partial charge is 0.438 e. The summed E-state index contributed by atoms with van der Waals surface area (Å²) in [5.74, 6) is -0.158. The molecule has 0 saturated heterocycles. The van der Waals surface area contributed by atoms with Gasteiger partial charge in [0.05, 0.1) is 11.1 Å². The molecule has 1 aromatic heterocycles. The molecule has 7 heteroatoms. The Morgan fingerprint density at radius 2 is 1.84 bits per heavy atom. The van der Waals surface area contributed by atoms with Gasteiger partial charge in [0, 0.05) is 0 Å². The van der Waals surface area contributed by atoms with Gasteiger partial charge in [-0.1, -0.05) is 12.1 Å². The van der Waals surface area contributed by atoms with Crippen LogP contribution in [0, 0.1) is 6.92 Å². The Morgan fingerprint density at radius 1 is 1.16 bits per heavy atom. The maximum absolute atomic E-state index is 12.8. The summed E-state index contributed by atoms with van der Waals surface area (Å²) in [4.78, 5) is 7.49. The third-order valence-corrected chi connectivity index (χ3v) is 2.48. The van der Waals surface area contributed by atoms with Crippen LogP contribution in [0.15, 0.2) is 30.6 Å². The van der Waals surface area contributed by atoms with Crippen LogP contribution in [0.25, 0.3) is 0 Å². The molecular formula is C12H10F3N3O. The lowest BCUT2D eigenvalue weighted by molar-refractivity contribution is -0.138. The summed E-state index contributed by atoms with van der Waals surface area (Å²) in [6, 6.07) is 4.90. The summed E-state index contributed by atoms with van der Waals surface area (Å²) in [5.41, 5.74) is 5.06. The number of alkyl halides is 3. The van der Waals surface area contributed by atoms with E-state index in [0.717, 1.165) is 12.4 Å². The number of nitrogens with two attached hydrogens (primary N) is 1. The Kier molecular flexibility index (Phi) is 3.28. The maximum Gasteiger partial charge on any atom is 0.419 e. The number of hydrogen-bond donors (Lipinski definition) is 1. The number of hydrogen-bond acceptors (Lipinski definition) is 4. The van der Waals surface area contributed by atoms with Gasteiger partial charge >= 0.3 is 6.18 Å². The third kappa shape index (κ3) is 2.75. The lowest BCUT2D eigenvalue weighted by Crippen LogP contribution is -2.08. The number of aromatic nitrogens is 2. The summed E-state index contributed by atoms with van der Waals surface area (Å²) in [5, 5.41) is 0. The van der Waals surface area contributed by atoms with Crippen molar-refractivity contribution in [3.63, 3.8) is 0 Å². The Labute approximate surface area is 107 Å². The molecule has 0 aliphatic rings. The number of nitrogen functional groups attached to an aromatic ring is 1. The first-order chi connectivity index (χ1) is 8.89. The fraction of sp³-hybridized carbons (Fsp3) is 0.167. The third-order valence-electron chi connectivity index (χ3n) is 2.48. The zero-order valence-electron chi connectivity index (χ0n) is 9.90. The fourth-order valence-electron chi connectivity index (χ4n) is 1.44. The number of nitrogens with zero attached hydrogens (tertiary/aromatic N) is 2. The Bertz CT molecular complexity index is 599. The van der Waals surface area contributed by atoms with Crippen LogP contribution in [-0.4, -0.2) is 9.97 Å². The predicted molar refractivity (Wildman–Crippen MR) is 62.7 cm³/mol. The van der Waals surface area contributed by atoms with E-state index in [1.807, 2.05) is 0 Å².